The summed E-state index contributed by atoms with van der Waals surface area (Å²) in [6, 6.07) is 3.40. The van der Waals surface area contributed by atoms with Gasteiger partial charge in [0.05, 0.1) is 11.9 Å². The molecule has 0 atom stereocenters. The van der Waals surface area contributed by atoms with Gasteiger partial charge in [-0.1, -0.05) is 0 Å². The van der Waals surface area contributed by atoms with Crippen LogP contribution in [0.4, 0.5) is 5.69 Å². The van der Waals surface area contributed by atoms with Crippen molar-refractivity contribution in [1.29, 1.82) is 0 Å². The molecule has 0 spiro atoms. The van der Waals surface area contributed by atoms with Crippen LogP contribution in [-0.4, -0.2) is 36.9 Å². The van der Waals surface area contributed by atoms with Crippen molar-refractivity contribution in [3.63, 3.8) is 0 Å². The fraction of sp³-hybridized carbons (Fsp3) is 0.417. The SMILES string of the molecule is CCNC(=O)CCNC(=O)c1ccc(NC)cn1. The maximum Gasteiger partial charge on any atom is 0.269 e. The average molecular weight is 250 g/mol. The van der Waals surface area contributed by atoms with Crippen LogP contribution in [0.2, 0.25) is 0 Å². The lowest BCUT2D eigenvalue weighted by molar-refractivity contribution is -0.120. The number of hydrogen-bond donors (Lipinski definition) is 3. The quantitative estimate of drug-likeness (QED) is 0.681. The van der Waals surface area contributed by atoms with Gasteiger partial charge in [-0.05, 0) is 19.1 Å². The lowest BCUT2D eigenvalue weighted by Gasteiger charge is -2.05. The van der Waals surface area contributed by atoms with Gasteiger partial charge in [-0.3, -0.25) is 9.59 Å². The number of hydrogen-bond acceptors (Lipinski definition) is 4. The fourth-order valence-electron chi connectivity index (χ4n) is 1.34. The molecule has 1 aromatic rings. The zero-order chi connectivity index (χ0) is 13.4. The van der Waals surface area contributed by atoms with Crippen molar-refractivity contribution in [2.24, 2.45) is 0 Å². The molecular weight excluding hydrogens is 232 g/mol. The summed E-state index contributed by atoms with van der Waals surface area (Å²) in [4.78, 5) is 26.8. The smallest absolute Gasteiger partial charge is 0.269 e. The number of carbonyl (C=O) groups excluding carboxylic acids is 2. The largest absolute Gasteiger partial charge is 0.387 e. The summed E-state index contributed by atoms with van der Waals surface area (Å²) in [5.41, 5.74) is 1.18. The minimum absolute atomic E-state index is 0.0729. The highest BCUT2D eigenvalue weighted by molar-refractivity contribution is 5.92. The molecule has 0 aliphatic rings. The van der Waals surface area contributed by atoms with Crippen LogP contribution in [-0.2, 0) is 4.79 Å². The van der Waals surface area contributed by atoms with E-state index in [-0.39, 0.29) is 18.2 Å². The lowest BCUT2D eigenvalue weighted by atomic mass is 10.3. The number of aromatic nitrogens is 1. The number of anilines is 1. The topological polar surface area (TPSA) is 83.1 Å². The first-order chi connectivity index (χ1) is 8.67. The van der Waals surface area contributed by atoms with Gasteiger partial charge >= 0.3 is 0 Å². The van der Waals surface area contributed by atoms with Gasteiger partial charge in [0.15, 0.2) is 0 Å². The van der Waals surface area contributed by atoms with Crippen LogP contribution in [0.15, 0.2) is 18.3 Å². The van der Waals surface area contributed by atoms with Crippen molar-refractivity contribution in [2.75, 3.05) is 25.5 Å². The predicted molar refractivity (Wildman–Crippen MR) is 69.4 cm³/mol. The van der Waals surface area contributed by atoms with Gasteiger partial charge in [0.2, 0.25) is 5.91 Å². The van der Waals surface area contributed by atoms with Gasteiger partial charge in [0.1, 0.15) is 5.69 Å². The summed E-state index contributed by atoms with van der Waals surface area (Å²) >= 11 is 0. The Labute approximate surface area is 106 Å². The molecule has 98 valence electrons. The zero-order valence-corrected chi connectivity index (χ0v) is 10.6. The molecular formula is C12H18N4O2. The van der Waals surface area contributed by atoms with Crippen LogP contribution < -0.4 is 16.0 Å². The summed E-state index contributed by atoms with van der Waals surface area (Å²) in [7, 11) is 1.78. The van der Waals surface area contributed by atoms with E-state index >= 15 is 0 Å². The Morgan fingerprint density at radius 3 is 2.61 bits per heavy atom. The Balaban J connectivity index is 2.38. The first-order valence-electron chi connectivity index (χ1n) is 5.86. The van der Waals surface area contributed by atoms with E-state index in [2.05, 4.69) is 20.9 Å². The highest BCUT2D eigenvalue weighted by Crippen LogP contribution is 2.04. The molecule has 3 N–H and O–H groups in total. The Bertz CT molecular complexity index is 403. The molecule has 1 heterocycles. The first kappa shape index (κ1) is 14.0. The first-order valence-corrected chi connectivity index (χ1v) is 5.86. The van der Waals surface area contributed by atoms with Gasteiger partial charge in [-0.25, -0.2) is 4.98 Å². The van der Waals surface area contributed by atoms with Crippen LogP contribution in [0.3, 0.4) is 0 Å². The molecule has 0 saturated heterocycles. The van der Waals surface area contributed by atoms with Crippen LogP contribution in [0, 0.1) is 0 Å². The van der Waals surface area contributed by atoms with Crippen molar-refractivity contribution in [1.82, 2.24) is 15.6 Å². The number of nitrogens with zero attached hydrogens (tertiary/aromatic N) is 1. The third-order valence-electron chi connectivity index (χ3n) is 2.30. The molecule has 0 unspecified atom stereocenters. The normalized spacial score (nSPS) is 9.67. The third-order valence-corrected chi connectivity index (χ3v) is 2.30. The molecule has 0 saturated carbocycles. The van der Waals surface area contributed by atoms with Gasteiger partial charge < -0.3 is 16.0 Å². The minimum Gasteiger partial charge on any atom is -0.387 e. The van der Waals surface area contributed by atoms with Crippen molar-refractivity contribution < 1.29 is 9.59 Å². The highest BCUT2D eigenvalue weighted by atomic mass is 16.2. The summed E-state index contributed by atoms with van der Waals surface area (Å²) in [5.74, 6) is -0.349. The predicted octanol–water partition coefficient (Wildman–Crippen LogP) is 0.379. The molecule has 0 radical (unpaired) electrons. The van der Waals surface area contributed by atoms with E-state index in [0.29, 0.717) is 18.8 Å². The van der Waals surface area contributed by atoms with E-state index in [9.17, 15) is 9.59 Å². The highest BCUT2D eigenvalue weighted by Gasteiger charge is 2.07. The third kappa shape index (κ3) is 4.40. The van der Waals surface area contributed by atoms with Crippen molar-refractivity contribution in [3.05, 3.63) is 24.0 Å². The van der Waals surface area contributed by atoms with Gasteiger partial charge in [-0.2, -0.15) is 0 Å². The average Bonchev–Trinajstić information content (AvgIpc) is 2.39. The molecule has 0 aliphatic carbocycles. The Kier molecular flexibility index (Phi) is 5.63. The van der Waals surface area contributed by atoms with Crippen LogP contribution >= 0.6 is 0 Å². The second-order valence-corrected chi connectivity index (χ2v) is 3.64. The van der Waals surface area contributed by atoms with E-state index in [1.165, 1.54) is 0 Å². The summed E-state index contributed by atoms with van der Waals surface area (Å²) < 4.78 is 0. The molecule has 18 heavy (non-hydrogen) atoms. The van der Waals surface area contributed by atoms with E-state index in [1.54, 1.807) is 25.4 Å². The maximum atomic E-state index is 11.7. The Morgan fingerprint density at radius 1 is 1.28 bits per heavy atom. The second-order valence-electron chi connectivity index (χ2n) is 3.64. The fourth-order valence-corrected chi connectivity index (χ4v) is 1.34. The van der Waals surface area contributed by atoms with Crippen molar-refractivity contribution >= 4 is 17.5 Å². The van der Waals surface area contributed by atoms with Gasteiger partial charge in [0, 0.05) is 26.6 Å². The van der Waals surface area contributed by atoms with E-state index in [1.807, 2.05) is 6.92 Å². The monoisotopic (exact) mass is 250 g/mol. The number of amides is 2. The molecule has 0 bridgehead atoms. The van der Waals surface area contributed by atoms with Crippen molar-refractivity contribution in [3.8, 4) is 0 Å². The molecule has 2 amide bonds. The van der Waals surface area contributed by atoms with Crippen molar-refractivity contribution in [2.45, 2.75) is 13.3 Å². The summed E-state index contributed by atoms with van der Waals surface area (Å²) in [5, 5.41) is 8.22. The molecule has 6 heteroatoms. The van der Waals surface area contributed by atoms with Crippen LogP contribution in [0.25, 0.3) is 0 Å². The molecule has 0 fully saturated rings. The number of carbonyl (C=O) groups is 2. The zero-order valence-electron chi connectivity index (χ0n) is 10.6. The van der Waals surface area contributed by atoms with E-state index in [4.69, 9.17) is 0 Å². The second kappa shape index (κ2) is 7.26. The molecule has 1 rings (SSSR count). The lowest BCUT2D eigenvalue weighted by Crippen LogP contribution is -2.30. The summed E-state index contributed by atoms with van der Waals surface area (Å²) in [6.45, 7) is 2.75. The van der Waals surface area contributed by atoms with Gasteiger partial charge in [-0.15, -0.1) is 0 Å². The number of pyridine rings is 1. The number of rotatable bonds is 6. The van der Waals surface area contributed by atoms with E-state index in [0.717, 1.165) is 5.69 Å². The summed E-state index contributed by atoms with van der Waals surface area (Å²) in [6.07, 6.45) is 1.85. The Morgan fingerprint density at radius 2 is 2.06 bits per heavy atom. The Hall–Kier alpha value is -2.11. The minimum atomic E-state index is -0.276. The van der Waals surface area contributed by atoms with Crippen LogP contribution in [0.1, 0.15) is 23.8 Å². The molecule has 1 aromatic heterocycles. The maximum absolute atomic E-state index is 11.7. The van der Waals surface area contributed by atoms with E-state index < -0.39 is 0 Å². The molecule has 0 aliphatic heterocycles. The number of nitrogens with one attached hydrogen (secondary N) is 3. The standard InChI is InChI=1S/C12H18N4O2/c1-3-14-11(17)6-7-15-12(18)10-5-4-9(13-2)8-16-10/h4-5,8,13H,3,6-7H2,1-2H3,(H,14,17)(H,15,18). The van der Waals surface area contributed by atoms with Crippen LogP contribution in [0.5, 0.6) is 0 Å². The molecule has 0 aromatic carbocycles. The molecule has 6 nitrogen and oxygen atoms in total. The van der Waals surface area contributed by atoms with Gasteiger partial charge in [0.25, 0.3) is 5.91 Å².